The SMILES string of the molecule is Cc1nn(-c2ccccc2)c2ncc(C(=O)N3[C@H](C)CCC[C@@H]3C)c(Cl)c12. The Morgan fingerprint density at radius 3 is 2.48 bits per heavy atom. The molecule has 1 saturated heterocycles. The number of aromatic nitrogens is 3. The van der Waals surface area contributed by atoms with Crippen LogP contribution in [0.1, 0.15) is 49.2 Å². The molecule has 0 unspecified atom stereocenters. The standard InChI is InChI=1S/C21H23ClN4O/c1-13-8-7-9-14(2)25(13)21(27)17-12-23-20-18(19(17)22)15(3)24-26(20)16-10-5-4-6-11-16/h4-6,10-14H,7-9H2,1-3H3/t13-,14+. The number of likely N-dealkylation sites (tertiary alicyclic amines) is 1. The zero-order valence-corrected chi connectivity index (χ0v) is 16.6. The second-order valence-corrected chi connectivity index (χ2v) is 7.74. The number of halogens is 1. The number of aryl methyl sites for hydroxylation is 1. The van der Waals surface area contributed by atoms with E-state index in [0.717, 1.165) is 36.0 Å². The lowest BCUT2D eigenvalue weighted by Gasteiger charge is -2.39. The average molecular weight is 383 g/mol. The van der Waals surface area contributed by atoms with Gasteiger partial charge < -0.3 is 4.90 Å². The molecule has 0 radical (unpaired) electrons. The Morgan fingerprint density at radius 2 is 1.81 bits per heavy atom. The van der Waals surface area contributed by atoms with Crippen molar-refractivity contribution >= 4 is 28.5 Å². The maximum atomic E-state index is 13.2. The zero-order valence-electron chi connectivity index (χ0n) is 15.8. The van der Waals surface area contributed by atoms with Crippen LogP contribution in [0.4, 0.5) is 0 Å². The predicted octanol–water partition coefficient (Wildman–Crippen LogP) is 4.79. The lowest BCUT2D eigenvalue weighted by atomic mass is 9.96. The first-order valence-electron chi connectivity index (χ1n) is 9.41. The molecule has 1 aliphatic heterocycles. The van der Waals surface area contributed by atoms with E-state index in [1.165, 1.54) is 0 Å². The van der Waals surface area contributed by atoms with E-state index in [0.29, 0.717) is 16.2 Å². The third kappa shape index (κ3) is 3.00. The molecule has 0 aliphatic carbocycles. The molecular weight excluding hydrogens is 360 g/mol. The summed E-state index contributed by atoms with van der Waals surface area (Å²) in [6.07, 6.45) is 4.80. The highest BCUT2D eigenvalue weighted by Gasteiger charge is 2.31. The van der Waals surface area contributed by atoms with Crippen molar-refractivity contribution in [3.05, 3.63) is 52.8 Å². The molecule has 0 bridgehead atoms. The Labute approximate surface area is 164 Å². The van der Waals surface area contributed by atoms with Gasteiger partial charge in [-0.15, -0.1) is 0 Å². The lowest BCUT2D eigenvalue weighted by molar-refractivity contribution is 0.0510. The average Bonchev–Trinajstić information content (AvgIpc) is 3.00. The van der Waals surface area contributed by atoms with Gasteiger partial charge in [0.05, 0.1) is 27.4 Å². The smallest absolute Gasteiger partial charge is 0.257 e. The number of pyridine rings is 1. The van der Waals surface area contributed by atoms with Crippen molar-refractivity contribution in [2.45, 2.75) is 52.1 Å². The maximum Gasteiger partial charge on any atom is 0.257 e. The van der Waals surface area contributed by atoms with Gasteiger partial charge in [-0.1, -0.05) is 29.8 Å². The molecule has 3 heterocycles. The van der Waals surface area contributed by atoms with Gasteiger partial charge in [0.2, 0.25) is 0 Å². The summed E-state index contributed by atoms with van der Waals surface area (Å²) in [5.74, 6) is -0.0408. The highest BCUT2D eigenvalue weighted by atomic mass is 35.5. The first-order chi connectivity index (χ1) is 13.0. The van der Waals surface area contributed by atoms with E-state index in [1.54, 1.807) is 10.9 Å². The molecule has 140 valence electrons. The molecule has 2 aromatic heterocycles. The molecule has 3 aromatic rings. The summed E-state index contributed by atoms with van der Waals surface area (Å²) in [4.78, 5) is 19.8. The number of nitrogens with zero attached hydrogens (tertiary/aromatic N) is 4. The lowest BCUT2D eigenvalue weighted by Crippen LogP contribution is -2.47. The number of para-hydroxylation sites is 1. The van der Waals surface area contributed by atoms with Crippen LogP contribution in [0, 0.1) is 6.92 Å². The van der Waals surface area contributed by atoms with Crippen molar-refractivity contribution in [3.8, 4) is 5.69 Å². The van der Waals surface area contributed by atoms with Crippen LogP contribution in [0.3, 0.4) is 0 Å². The molecule has 0 spiro atoms. The summed E-state index contributed by atoms with van der Waals surface area (Å²) in [6.45, 7) is 6.11. The van der Waals surface area contributed by atoms with Crippen molar-refractivity contribution < 1.29 is 4.79 Å². The number of carbonyl (C=O) groups excluding carboxylic acids is 1. The Balaban J connectivity index is 1.81. The van der Waals surface area contributed by atoms with Crippen molar-refractivity contribution in [2.24, 2.45) is 0 Å². The van der Waals surface area contributed by atoms with Gasteiger partial charge in [0, 0.05) is 18.3 Å². The predicted molar refractivity (Wildman–Crippen MR) is 108 cm³/mol. The van der Waals surface area contributed by atoms with E-state index in [9.17, 15) is 4.79 Å². The summed E-state index contributed by atoms with van der Waals surface area (Å²) in [5, 5.41) is 5.79. The fourth-order valence-electron chi connectivity index (χ4n) is 4.07. The molecule has 5 nitrogen and oxygen atoms in total. The number of benzene rings is 1. The topological polar surface area (TPSA) is 51.0 Å². The molecule has 0 N–H and O–H groups in total. The zero-order chi connectivity index (χ0) is 19.1. The van der Waals surface area contributed by atoms with Gasteiger partial charge in [0.15, 0.2) is 5.65 Å². The molecule has 4 rings (SSSR count). The van der Waals surface area contributed by atoms with Gasteiger partial charge in [0.1, 0.15) is 0 Å². The van der Waals surface area contributed by atoms with Crippen LogP contribution < -0.4 is 0 Å². The monoisotopic (exact) mass is 382 g/mol. The quantitative estimate of drug-likeness (QED) is 0.640. The molecular formula is C21H23ClN4O. The number of piperidine rings is 1. The van der Waals surface area contributed by atoms with Gasteiger partial charge in [-0.3, -0.25) is 4.79 Å². The summed E-state index contributed by atoms with van der Waals surface area (Å²) in [7, 11) is 0. The van der Waals surface area contributed by atoms with Gasteiger partial charge in [-0.05, 0) is 52.2 Å². The minimum atomic E-state index is -0.0408. The molecule has 1 aliphatic rings. The van der Waals surface area contributed by atoms with E-state index < -0.39 is 0 Å². The third-order valence-electron chi connectivity index (χ3n) is 5.47. The van der Waals surface area contributed by atoms with Crippen molar-refractivity contribution in [1.29, 1.82) is 0 Å². The summed E-state index contributed by atoms with van der Waals surface area (Å²) in [6, 6.07) is 10.2. The molecule has 0 saturated carbocycles. The van der Waals surface area contributed by atoms with Crippen LogP contribution in [-0.4, -0.2) is 37.7 Å². The number of fused-ring (bicyclic) bond motifs is 1. The van der Waals surface area contributed by atoms with Crippen LogP contribution in [0.5, 0.6) is 0 Å². The number of rotatable bonds is 2. The van der Waals surface area contributed by atoms with E-state index >= 15 is 0 Å². The summed E-state index contributed by atoms with van der Waals surface area (Å²) < 4.78 is 1.77. The molecule has 1 fully saturated rings. The van der Waals surface area contributed by atoms with E-state index in [-0.39, 0.29) is 18.0 Å². The molecule has 27 heavy (non-hydrogen) atoms. The van der Waals surface area contributed by atoms with Crippen molar-refractivity contribution in [1.82, 2.24) is 19.7 Å². The van der Waals surface area contributed by atoms with Crippen LogP contribution in [0.2, 0.25) is 5.02 Å². The second kappa shape index (κ2) is 6.97. The Morgan fingerprint density at radius 1 is 1.15 bits per heavy atom. The Kier molecular flexibility index (Phi) is 4.64. The molecule has 6 heteroatoms. The fourth-order valence-corrected chi connectivity index (χ4v) is 4.42. The number of carbonyl (C=O) groups is 1. The van der Waals surface area contributed by atoms with Gasteiger partial charge in [-0.2, -0.15) is 5.10 Å². The van der Waals surface area contributed by atoms with Crippen molar-refractivity contribution in [2.75, 3.05) is 0 Å². The minimum absolute atomic E-state index is 0.0408. The Bertz CT molecular complexity index is 988. The number of amides is 1. The molecule has 1 aromatic carbocycles. The van der Waals surface area contributed by atoms with E-state index in [1.807, 2.05) is 42.2 Å². The fraction of sp³-hybridized carbons (Fsp3) is 0.381. The van der Waals surface area contributed by atoms with Gasteiger partial charge in [0.25, 0.3) is 5.91 Å². The van der Waals surface area contributed by atoms with E-state index in [2.05, 4.69) is 23.9 Å². The largest absolute Gasteiger partial charge is 0.333 e. The molecule has 2 atom stereocenters. The minimum Gasteiger partial charge on any atom is -0.333 e. The normalized spacial score (nSPS) is 20.2. The number of hydrogen-bond acceptors (Lipinski definition) is 3. The van der Waals surface area contributed by atoms with Crippen LogP contribution in [-0.2, 0) is 0 Å². The Hall–Kier alpha value is -2.40. The first kappa shape index (κ1) is 18.0. The van der Waals surface area contributed by atoms with Gasteiger partial charge >= 0.3 is 0 Å². The highest BCUT2D eigenvalue weighted by molar-refractivity contribution is 6.38. The molecule has 1 amide bonds. The second-order valence-electron chi connectivity index (χ2n) is 7.36. The first-order valence-corrected chi connectivity index (χ1v) is 9.78. The maximum absolute atomic E-state index is 13.2. The summed E-state index contributed by atoms with van der Waals surface area (Å²) in [5.41, 5.74) is 2.80. The van der Waals surface area contributed by atoms with Crippen LogP contribution in [0.15, 0.2) is 36.5 Å². The van der Waals surface area contributed by atoms with Crippen LogP contribution >= 0.6 is 11.6 Å². The van der Waals surface area contributed by atoms with Crippen LogP contribution in [0.25, 0.3) is 16.7 Å². The van der Waals surface area contributed by atoms with Gasteiger partial charge in [-0.25, -0.2) is 9.67 Å². The third-order valence-corrected chi connectivity index (χ3v) is 5.86. The highest BCUT2D eigenvalue weighted by Crippen LogP contribution is 2.32. The van der Waals surface area contributed by atoms with E-state index in [4.69, 9.17) is 11.6 Å². The number of hydrogen-bond donors (Lipinski definition) is 0. The van der Waals surface area contributed by atoms with Crippen molar-refractivity contribution in [3.63, 3.8) is 0 Å². The summed E-state index contributed by atoms with van der Waals surface area (Å²) >= 11 is 6.72.